The van der Waals surface area contributed by atoms with E-state index in [9.17, 15) is 5.11 Å². The first-order valence-corrected chi connectivity index (χ1v) is 13.5. The molecule has 162 valence electrons. The average molecular weight is 489 g/mol. The zero-order valence-corrected chi connectivity index (χ0v) is 20.9. The number of hydrogen-bond acceptors (Lipinski definition) is 5. The number of rotatable bonds is 9. The predicted octanol–water partition coefficient (Wildman–Crippen LogP) is 7.41. The van der Waals surface area contributed by atoms with Crippen LogP contribution >= 0.6 is 45.2 Å². The van der Waals surface area contributed by atoms with Crippen molar-refractivity contribution in [2.45, 2.75) is 29.4 Å². The summed E-state index contributed by atoms with van der Waals surface area (Å²) in [7, 11) is 6.79. The summed E-state index contributed by atoms with van der Waals surface area (Å²) >= 11 is 3.45. The molecule has 0 spiro atoms. The van der Waals surface area contributed by atoms with Crippen LogP contribution in [0.4, 0.5) is 0 Å². The molecule has 3 rings (SSSR count). The first-order chi connectivity index (χ1) is 14.9. The number of aromatic nitrogens is 2. The van der Waals surface area contributed by atoms with Gasteiger partial charge < -0.3 is 5.11 Å². The number of aliphatic hydroxyl groups is 1. The van der Waals surface area contributed by atoms with Gasteiger partial charge >= 0.3 is 0 Å². The van der Waals surface area contributed by atoms with Crippen molar-refractivity contribution in [1.82, 2.24) is 9.78 Å². The summed E-state index contributed by atoms with van der Waals surface area (Å²) in [6.45, 7) is 7.61. The minimum atomic E-state index is -1.28. The van der Waals surface area contributed by atoms with Crippen LogP contribution in [0.3, 0.4) is 0 Å². The number of halogens is 1. The molecule has 0 aliphatic heterocycles. The molecule has 1 atom stereocenters. The van der Waals surface area contributed by atoms with Crippen LogP contribution in [-0.4, -0.2) is 21.1 Å². The van der Waals surface area contributed by atoms with Gasteiger partial charge in [-0.15, -0.1) is 23.5 Å². The van der Waals surface area contributed by atoms with E-state index in [0.717, 1.165) is 32.8 Å². The van der Waals surface area contributed by atoms with Crippen molar-refractivity contribution in [2.75, 3.05) is 6.26 Å². The van der Waals surface area contributed by atoms with Crippen molar-refractivity contribution in [3.63, 3.8) is 0 Å². The molecule has 1 heterocycles. The second kappa shape index (κ2) is 10.8. The van der Waals surface area contributed by atoms with Crippen LogP contribution < -0.4 is 0 Å². The lowest BCUT2D eigenvalue weighted by atomic mass is 10.2. The van der Waals surface area contributed by atoms with E-state index in [-0.39, 0.29) is 0 Å². The van der Waals surface area contributed by atoms with Crippen LogP contribution in [0.15, 0.2) is 78.2 Å². The molecule has 0 aliphatic carbocycles. The molecule has 0 fully saturated rings. The van der Waals surface area contributed by atoms with Gasteiger partial charge in [-0.3, -0.25) is 0 Å². The van der Waals surface area contributed by atoms with E-state index in [4.69, 9.17) is 15.8 Å². The van der Waals surface area contributed by atoms with Crippen molar-refractivity contribution >= 4 is 50.1 Å². The molecular formula is C24H25ClN2OS3. The van der Waals surface area contributed by atoms with Gasteiger partial charge in [0, 0.05) is 21.1 Å². The Balaban J connectivity index is 2.00. The normalized spacial score (nSPS) is 13.8. The fourth-order valence-corrected chi connectivity index (χ4v) is 5.25. The van der Waals surface area contributed by atoms with Gasteiger partial charge in [-0.1, -0.05) is 49.1 Å². The second-order valence-corrected chi connectivity index (χ2v) is 10.3. The molecular weight excluding hydrogens is 464 g/mol. The Kier molecular flexibility index (Phi) is 8.42. The molecule has 3 nitrogen and oxygen atoms in total. The number of para-hydroxylation sites is 1. The third-order valence-electron chi connectivity index (χ3n) is 4.77. The van der Waals surface area contributed by atoms with Crippen molar-refractivity contribution in [2.24, 2.45) is 0 Å². The minimum Gasteiger partial charge on any atom is -0.373 e. The highest BCUT2D eigenvalue weighted by atomic mass is 35.7. The maximum Gasteiger partial charge on any atom is 0.166 e. The van der Waals surface area contributed by atoms with Gasteiger partial charge in [0.1, 0.15) is 5.69 Å². The average Bonchev–Trinajstić information content (AvgIpc) is 3.22. The summed E-state index contributed by atoms with van der Waals surface area (Å²) in [6, 6.07) is 18.4. The van der Waals surface area contributed by atoms with E-state index in [1.54, 1.807) is 30.4 Å². The van der Waals surface area contributed by atoms with Crippen molar-refractivity contribution in [3.05, 3.63) is 95.8 Å². The quantitative estimate of drug-likeness (QED) is 0.193. The predicted molar refractivity (Wildman–Crippen MR) is 139 cm³/mol. The van der Waals surface area contributed by atoms with E-state index in [1.807, 2.05) is 41.1 Å². The molecule has 2 aromatic carbocycles. The molecule has 1 aromatic heterocycles. The van der Waals surface area contributed by atoms with Gasteiger partial charge in [-0.2, -0.15) is 5.10 Å². The molecule has 0 amide bonds. The van der Waals surface area contributed by atoms with Gasteiger partial charge in [0.25, 0.3) is 0 Å². The van der Waals surface area contributed by atoms with E-state index in [1.165, 1.54) is 10.5 Å². The first kappa shape index (κ1) is 24.1. The van der Waals surface area contributed by atoms with E-state index in [2.05, 4.69) is 50.1 Å². The summed E-state index contributed by atoms with van der Waals surface area (Å²) in [4.78, 5) is 1.08. The van der Waals surface area contributed by atoms with E-state index in [0.29, 0.717) is 11.4 Å². The molecule has 1 N–H and O–H groups in total. The van der Waals surface area contributed by atoms with Crippen LogP contribution in [0.2, 0.25) is 0 Å². The first-order valence-electron chi connectivity index (χ1n) is 9.67. The largest absolute Gasteiger partial charge is 0.373 e. The Morgan fingerprint density at radius 3 is 2.61 bits per heavy atom. The summed E-state index contributed by atoms with van der Waals surface area (Å²) in [5.74, 6) is 0.673. The SMILES string of the molecule is C=C/C=C(\SCc1cc(C(C)(O)SCl)nn1-c1ccccc1C)c1ccccc1SC. The van der Waals surface area contributed by atoms with Crippen LogP contribution in [0, 0.1) is 6.92 Å². The summed E-state index contributed by atoms with van der Waals surface area (Å²) < 4.78 is 1.91. The summed E-state index contributed by atoms with van der Waals surface area (Å²) in [6.07, 6.45) is 5.94. The van der Waals surface area contributed by atoms with Gasteiger partial charge in [0.2, 0.25) is 0 Å². The zero-order valence-electron chi connectivity index (χ0n) is 17.7. The number of allylic oxidation sites excluding steroid dienone is 2. The molecule has 0 saturated heterocycles. The highest BCUT2D eigenvalue weighted by Crippen LogP contribution is 2.39. The van der Waals surface area contributed by atoms with Gasteiger partial charge in [-0.25, -0.2) is 4.68 Å². The number of aryl methyl sites for hydroxylation is 1. The number of hydrogen-bond donors (Lipinski definition) is 1. The van der Waals surface area contributed by atoms with Crippen molar-refractivity contribution in [1.29, 1.82) is 0 Å². The van der Waals surface area contributed by atoms with Gasteiger partial charge in [0.15, 0.2) is 4.93 Å². The lowest BCUT2D eigenvalue weighted by Crippen LogP contribution is -2.15. The fourth-order valence-electron chi connectivity index (χ4n) is 3.12. The minimum absolute atomic E-state index is 0.533. The number of nitrogens with zero attached hydrogens (tertiary/aromatic N) is 2. The molecule has 7 heteroatoms. The topological polar surface area (TPSA) is 38.1 Å². The van der Waals surface area contributed by atoms with Crippen molar-refractivity contribution < 1.29 is 5.11 Å². The summed E-state index contributed by atoms with van der Waals surface area (Å²) in [5.41, 5.74) is 4.79. The molecule has 0 saturated carbocycles. The van der Waals surface area contributed by atoms with Crippen molar-refractivity contribution in [3.8, 4) is 5.69 Å². The molecule has 3 aromatic rings. The lowest BCUT2D eigenvalue weighted by molar-refractivity contribution is 0.155. The Morgan fingerprint density at radius 1 is 1.23 bits per heavy atom. The highest BCUT2D eigenvalue weighted by Gasteiger charge is 2.28. The van der Waals surface area contributed by atoms with E-state index >= 15 is 0 Å². The second-order valence-electron chi connectivity index (χ2n) is 7.03. The smallest absolute Gasteiger partial charge is 0.166 e. The Hall–Kier alpha value is -1.57. The lowest BCUT2D eigenvalue weighted by Gasteiger charge is -2.15. The fraction of sp³-hybridized carbons (Fsp3) is 0.208. The molecule has 1 unspecified atom stereocenters. The van der Waals surface area contributed by atoms with Crippen LogP contribution in [0.1, 0.15) is 29.4 Å². The zero-order chi connectivity index (χ0) is 22.4. The molecule has 0 aliphatic rings. The van der Waals surface area contributed by atoms with Crippen LogP contribution in [0.25, 0.3) is 10.6 Å². The Labute approximate surface area is 201 Å². The third-order valence-corrected chi connectivity index (χ3v) is 8.08. The molecule has 0 radical (unpaired) electrons. The molecule has 0 bridgehead atoms. The third kappa shape index (κ3) is 5.62. The monoisotopic (exact) mass is 488 g/mol. The Bertz CT molecular complexity index is 1090. The maximum absolute atomic E-state index is 10.7. The van der Waals surface area contributed by atoms with Crippen LogP contribution in [-0.2, 0) is 10.7 Å². The van der Waals surface area contributed by atoms with Gasteiger partial charge in [0.05, 0.1) is 11.4 Å². The Morgan fingerprint density at radius 2 is 1.94 bits per heavy atom. The van der Waals surface area contributed by atoms with Gasteiger partial charge in [-0.05, 0) is 71.6 Å². The summed E-state index contributed by atoms with van der Waals surface area (Å²) in [5, 5.41) is 15.4. The van der Waals surface area contributed by atoms with E-state index < -0.39 is 4.93 Å². The number of thioether (sulfide) groups is 2. The van der Waals surface area contributed by atoms with Crippen LogP contribution in [0.5, 0.6) is 0 Å². The highest BCUT2D eigenvalue weighted by molar-refractivity contribution is 8.21. The standard InChI is InChI=1S/C24H25ClN2OS3/c1-5-10-22(19-12-7-9-14-21(19)29-4)30-16-18-15-23(24(3,28)31-25)26-27(18)20-13-8-6-11-17(20)2/h5-15,28H,1,16H2,2-4H3/b22-10-. The molecule has 31 heavy (non-hydrogen) atoms. The maximum atomic E-state index is 10.7. The number of benzene rings is 2.